The van der Waals surface area contributed by atoms with Crippen LogP contribution in [0.15, 0.2) is 11.4 Å². The van der Waals surface area contributed by atoms with Crippen molar-refractivity contribution in [3.8, 4) is 6.01 Å². The van der Waals surface area contributed by atoms with Crippen molar-refractivity contribution in [2.45, 2.75) is 77.2 Å². The molecule has 0 unspecified atom stereocenters. The van der Waals surface area contributed by atoms with E-state index in [-0.39, 0.29) is 6.10 Å². The average molecular weight is 317 g/mol. The van der Waals surface area contributed by atoms with Crippen LogP contribution in [-0.4, -0.2) is 28.4 Å². The van der Waals surface area contributed by atoms with Crippen molar-refractivity contribution in [1.82, 2.24) is 9.97 Å². The molecule has 0 atom stereocenters. The Bertz CT molecular complexity index is 535. The summed E-state index contributed by atoms with van der Waals surface area (Å²) in [5.74, 6) is 0. The quantitative estimate of drug-likeness (QED) is 0.591. The highest BCUT2D eigenvalue weighted by Gasteiger charge is 2.21. The van der Waals surface area contributed by atoms with Gasteiger partial charge in [-0.2, -0.15) is 4.98 Å². The van der Waals surface area contributed by atoms with Crippen molar-refractivity contribution in [2.24, 2.45) is 5.16 Å². The van der Waals surface area contributed by atoms with Gasteiger partial charge in [0.1, 0.15) is 12.7 Å². The Hall–Kier alpha value is -1.65. The number of hydrogen-bond acceptors (Lipinski definition) is 5. The number of fused-ring (bicyclic) bond motifs is 1. The number of aromatic nitrogens is 2. The molecule has 1 aromatic heterocycles. The van der Waals surface area contributed by atoms with Crippen molar-refractivity contribution in [1.29, 1.82) is 0 Å². The van der Waals surface area contributed by atoms with Gasteiger partial charge in [0.2, 0.25) is 0 Å². The summed E-state index contributed by atoms with van der Waals surface area (Å²) in [4.78, 5) is 14.3. The SMILES string of the molecule is CCCCON=C1CCC(Oc2ncc3c(n2)CCCC3)CC1. The molecule has 1 saturated carbocycles. The van der Waals surface area contributed by atoms with Crippen LogP contribution in [0.25, 0.3) is 0 Å². The van der Waals surface area contributed by atoms with Crippen LogP contribution in [0.5, 0.6) is 6.01 Å². The van der Waals surface area contributed by atoms with E-state index in [1.807, 2.05) is 6.20 Å². The lowest BCUT2D eigenvalue weighted by Gasteiger charge is -2.23. The molecule has 23 heavy (non-hydrogen) atoms. The van der Waals surface area contributed by atoms with Crippen LogP contribution in [0.3, 0.4) is 0 Å². The van der Waals surface area contributed by atoms with Crippen LogP contribution in [-0.2, 0) is 17.7 Å². The molecule has 2 aliphatic carbocycles. The minimum atomic E-state index is 0.200. The molecule has 2 aliphatic rings. The minimum Gasteiger partial charge on any atom is -0.460 e. The van der Waals surface area contributed by atoms with Gasteiger partial charge in [0.15, 0.2) is 0 Å². The van der Waals surface area contributed by atoms with Gasteiger partial charge < -0.3 is 9.57 Å². The van der Waals surface area contributed by atoms with Gasteiger partial charge in [-0.05, 0) is 63.4 Å². The molecule has 0 aromatic carbocycles. The zero-order chi connectivity index (χ0) is 15.9. The number of nitrogens with zero attached hydrogens (tertiary/aromatic N) is 3. The second-order valence-corrected chi connectivity index (χ2v) is 6.49. The molecule has 0 saturated heterocycles. The third-order valence-corrected chi connectivity index (χ3v) is 4.61. The normalized spacial score (nSPS) is 20.7. The third-order valence-electron chi connectivity index (χ3n) is 4.61. The van der Waals surface area contributed by atoms with Gasteiger partial charge in [-0.25, -0.2) is 4.98 Å². The summed E-state index contributed by atoms with van der Waals surface area (Å²) < 4.78 is 5.99. The van der Waals surface area contributed by atoms with E-state index in [0.717, 1.165) is 63.7 Å². The Kier molecular flexibility index (Phi) is 5.83. The molecule has 3 rings (SSSR count). The lowest BCUT2D eigenvalue weighted by molar-refractivity contribution is 0.133. The van der Waals surface area contributed by atoms with Crippen LogP contribution in [0, 0.1) is 0 Å². The smallest absolute Gasteiger partial charge is 0.316 e. The van der Waals surface area contributed by atoms with Gasteiger partial charge in [-0.3, -0.25) is 0 Å². The molecule has 0 amide bonds. The van der Waals surface area contributed by atoms with Crippen LogP contribution in [0.2, 0.25) is 0 Å². The molecule has 5 nitrogen and oxygen atoms in total. The Morgan fingerprint density at radius 3 is 2.83 bits per heavy atom. The van der Waals surface area contributed by atoms with Crippen molar-refractivity contribution < 1.29 is 9.57 Å². The topological polar surface area (TPSA) is 56.6 Å². The molecule has 0 aliphatic heterocycles. The van der Waals surface area contributed by atoms with Crippen molar-refractivity contribution in [3.63, 3.8) is 0 Å². The molecule has 126 valence electrons. The van der Waals surface area contributed by atoms with Gasteiger partial charge in [-0.15, -0.1) is 0 Å². The highest BCUT2D eigenvalue weighted by molar-refractivity contribution is 5.84. The summed E-state index contributed by atoms with van der Waals surface area (Å²) in [5, 5.41) is 4.25. The molecule has 0 bridgehead atoms. The maximum absolute atomic E-state index is 5.99. The summed E-state index contributed by atoms with van der Waals surface area (Å²) in [6.07, 6.45) is 12.8. The monoisotopic (exact) mass is 317 g/mol. The van der Waals surface area contributed by atoms with E-state index >= 15 is 0 Å². The summed E-state index contributed by atoms with van der Waals surface area (Å²) in [5.41, 5.74) is 3.64. The first-order chi connectivity index (χ1) is 11.3. The molecule has 1 fully saturated rings. The number of ether oxygens (including phenoxy) is 1. The Balaban J connectivity index is 1.47. The highest BCUT2D eigenvalue weighted by Crippen LogP contribution is 2.23. The summed E-state index contributed by atoms with van der Waals surface area (Å²) in [6, 6.07) is 0.551. The number of rotatable bonds is 6. The molecular weight excluding hydrogens is 290 g/mol. The summed E-state index contributed by atoms with van der Waals surface area (Å²) in [7, 11) is 0. The van der Waals surface area contributed by atoms with Crippen molar-refractivity contribution >= 4 is 5.71 Å². The predicted molar refractivity (Wildman–Crippen MR) is 89.9 cm³/mol. The fourth-order valence-corrected chi connectivity index (χ4v) is 3.14. The highest BCUT2D eigenvalue weighted by atomic mass is 16.6. The lowest BCUT2D eigenvalue weighted by atomic mass is 9.96. The van der Waals surface area contributed by atoms with Gasteiger partial charge >= 0.3 is 6.01 Å². The fourth-order valence-electron chi connectivity index (χ4n) is 3.14. The zero-order valence-corrected chi connectivity index (χ0v) is 14.1. The number of hydrogen-bond donors (Lipinski definition) is 0. The van der Waals surface area contributed by atoms with Crippen LogP contribution in [0.4, 0.5) is 0 Å². The second-order valence-electron chi connectivity index (χ2n) is 6.49. The van der Waals surface area contributed by atoms with E-state index in [2.05, 4.69) is 22.0 Å². The van der Waals surface area contributed by atoms with Gasteiger partial charge in [0.05, 0.1) is 11.4 Å². The zero-order valence-electron chi connectivity index (χ0n) is 14.1. The second kappa shape index (κ2) is 8.27. The van der Waals surface area contributed by atoms with Crippen molar-refractivity contribution in [3.05, 3.63) is 17.5 Å². The molecule has 0 spiro atoms. The molecule has 1 aromatic rings. The first-order valence-corrected chi connectivity index (χ1v) is 9.04. The van der Waals surface area contributed by atoms with E-state index < -0.39 is 0 Å². The maximum atomic E-state index is 5.99. The van der Waals surface area contributed by atoms with Gasteiger partial charge in [-0.1, -0.05) is 18.5 Å². The Morgan fingerprint density at radius 2 is 2.00 bits per heavy atom. The van der Waals surface area contributed by atoms with E-state index in [0.29, 0.717) is 6.01 Å². The Labute approximate surface area is 138 Å². The molecule has 1 heterocycles. The molecule has 0 radical (unpaired) electrons. The molecule has 5 heteroatoms. The minimum absolute atomic E-state index is 0.200. The molecule has 0 N–H and O–H groups in total. The van der Waals surface area contributed by atoms with Gasteiger partial charge in [0.25, 0.3) is 0 Å². The predicted octanol–water partition coefficient (Wildman–Crippen LogP) is 3.85. The van der Waals surface area contributed by atoms with E-state index in [9.17, 15) is 0 Å². The van der Waals surface area contributed by atoms with Crippen LogP contribution >= 0.6 is 0 Å². The van der Waals surface area contributed by atoms with Gasteiger partial charge in [0, 0.05) is 6.20 Å². The number of unbranched alkanes of at least 4 members (excludes halogenated alkanes) is 1. The largest absolute Gasteiger partial charge is 0.460 e. The van der Waals surface area contributed by atoms with E-state index in [1.54, 1.807) is 0 Å². The summed E-state index contributed by atoms with van der Waals surface area (Å²) >= 11 is 0. The lowest BCUT2D eigenvalue weighted by Crippen LogP contribution is -2.25. The average Bonchev–Trinajstić information content (AvgIpc) is 2.60. The van der Waals surface area contributed by atoms with E-state index in [4.69, 9.17) is 9.57 Å². The van der Waals surface area contributed by atoms with Crippen molar-refractivity contribution in [2.75, 3.05) is 6.61 Å². The fraction of sp³-hybridized carbons (Fsp3) is 0.722. The maximum Gasteiger partial charge on any atom is 0.316 e. The van der Waals surface area contributed by atoms with E-state index in [1.165, 1.54) is 24.1 Å². The van der Waals surface area contributed by atoms with Crippen LogP contribution < -0.4 is 4.74 Å². The first-order valence-electron chi connectivity index (χ1n) is 9.04. The molecular formula is C18H27N3O2. The standard InChI is InChI=1S/C18H27N3O2/c1-2-3-12-22-21-15-8-10-16(11-9-15)23-18-19-13-14-6-4-5-7-17(14)20-18/h13,16H,2-12H2,1H3. The third kappa shape index (κ3) is 4.66. The number of oxime groups is 1. The first kappa shape index (κ1) is 16.2. The number of aryl methyl sites for hydroxylation is 2. The Morgan fingerprint density at radius 1 is 1.17 bits per heavy atom. The summed E-state index contributed by atoms with van der Waals surface area (Å²) in [6.45, 7) is 2.88. The van der Waals surface area contributed by atoms with Crippen LogP contribution in [0.1, 0.15) is 69.5 Å².